The minimum Gasteiger partial charge on any atom is -0.353 e. The molecule has 1 saturated heterocycles. The fraction of sp³-hybridized carbons (Fsp3) is 0.588. The molecule has 2 nitrogen and oxygen atoms in total. The quantitative estimate of drug-likeness (QED) is 0.877. The second-order valence-corrected chi connectivity index (χ2v) is 6.52. The van der Waals surface area contributed by atoms with E-state index in [-0.39, 0.29) is 5.91 Å². The molecular formula is C17H23NO. The SMILES string of the molecule is CC(C)CC1NC(=O)CC1c1ccccc1C1CC1. The average Bonchev–Trinajstić information content (AvgIpc) is 3.14. The standard InChI is InChI=1S/C17H23NO/c1-11(2)9-16-15(10-17(19)18-16)14-6-4-3-5-13(14)12-7-8-12/h3-6,11-12,15-16H,7-10H2,1-2H3,(H,18,19). The molecule has 1 aromatic carbocycles. The highest BCUT2D eigenvalue weighted by atomic mass is 16.2. The van der Waals surface area contributed by atoms with E-state index in [9.17, 15) is 4.79 Å². The molecule has 2 fully saturated rings. The Bertz CT molecular complexity index is 476. The summed E-state index contributed by atoms with van der Waals surface area (Å²) in [6.45, 7) is 4.46. The maximum Gasteiger partial charge on any atom is 0.220 e. The minimum absolute atomic E-state index is 0.223. The third-order valence-electron chi connectivity index (χ3n) is 4.38. The van der Waals surface area contributed by atoms with E-state index < -0.39 is 0 Å². The molecule has 1 amide bonds. The fourth-order valence-electron chi connectivity index (χ4n) is 3.38. The van der Waals surface area contributed by atoms with Gasteiger partial charge in [-0.1, -0.05) is 38.1 Å². The van der Waals surface area contributed by atoms with Crippen LogP contribution in [0, 0.1) is 5.92 Å². The molecule has 0 radical (unpaired) electrons. The summed E-state index contributed by atoms with van der Waals surface area (Å²) in [5.41, 5.74) is 2.92. The Labute approximate surface area is 115 Å². The van der Waals surface area contributed by atoms with Crippen LogP contribution in [0.15, 0.2) is 24.3 Å². The lowest BCUT2D eigenvalue weighted by Gasteiger charge is -2.23. The normalized spacial score (nSPS) is 26.8. The van der Waals surface area contributed by atoms with Crippen molar-refractivity contribution in [3.63, 3.8) is 0 Å². The van der Waals surface area contributed by atoms with Gasteiger partial charge in [0.1, 0.15) is 0 Å². The molecule has 1 heterocycles. The van der Waals surface area contributed by atoms with Crippen molar-refractivity contribution < 1.29 is 4.79 Å². The number of nitrogens with one attached hydrogen (secondary N) is 1. The van der Waals surface area contributed by atoms with Crippen molar-refractivity contribution in [1.29, 1.82) is 0 Å². The number of carbonyl (C=O) groups is 1. The molecule has 19 heavy (non-hydrogen) atoms. The number of rotatable bonds is 4. The van der Waals surface area contributed by atoms with Crippen molar-refractivity contribution >= 4 is 5.91 Å². The molecule has 1 aromatic rings. The smallest absolute Gasteiger partial charge is 0.220 e. The molecule has 0 aromatic heterocycles. The molecule has 0 bridgehead atoms. The van der Waals surface area contributed by atoms with Crippen LogP contribution in [0.5, 0.6) is 0 Å². The van der Waals surface area contributed by atoms with E-state index in [1.165, 1.54) is 24.0 Å². The molecule has 1 saturated carbocycles. The number of hydrogen-bond acceptors (Lipinski definition) is 1. The van der Waals surface area contributed by atoms with Gasteiger partial charge in [0.25, 0.3) is 0 Å². The first-order valence-corrected chi connectivity index (χ1v) is 7.53. The molecular weight excluding hydrogens is 234 g/mol. The Morgan fingerprint density at radius 2 is 1.89 bits per heavy atom. The van der Waals surface area contributed by atoms with Crippen molar-refractivity contribution in [2.24, 2.45) is 5.92 Å². The van der Waals surface area contributed by atoms with Crippen LogP contribution in [0.3, 0.4) is 0 Å². The summed E-state index contributed by atoms with van der Waals surface area (Å²) < 4.78 is 0. The first kappa shape index (κ1) is 12.7. The summed E-state index contributed by atoms with van der Waals surface area (Å²) in [4.78, 5) is 11.8. The molecule has 2 atom stereocenters. The monoisotopic (exact) mass is 257 g/mol. The van der Waals surface area contributed by atoms with Gasteiger partial charge in [-0.15, -0.1) is 0 Å². The maximum atomic E-state index is 11.8. The molecule has 1 aliphatic carbocycles. The molecule has 2 heteroatoms. The van der Waals surface area contributed by atoms with Crippen LogP contribution in [-0.2, 0) is 4.79 Å². The molecule has 2 aliphatic rings. The number of benzene rings is 1. The van der Waals surface area contributed by atoms with E-state index >= 15 is 0 Å². The Morgan fingerprint density at radius 3 is 2.53 bits per heavy atom. The molecule has 2 unspecified atom stereocenters. The Kier molecular flexibility index (Phi) is 3.34. The molecule has 102 valence electrons. The zero-order valence-electron chi connectivity index (χ0n) is 11.9. The highest BCUT2D eigenvalue weighted by Gasteiger charge is 2.37. The van der Waals surface area contributed by atoms with Crippen LogP contribution >= 0.6 is 0 Å². The number of hydrogen-bond donors (Lipinski definition) is 1. The second kappa shape index (κ2) is 4.99. The summed E-state index contributed by atoms with van der Waals surface area (Å²) in [6.07, 6.45) is 4.39. The van der Waals surface area contributed by atoms with E-state index in [1.807, 2.05) is 0 Å². The molecule has 1 N–H and O–H groups in total. The van der Waals surface area contributed by atoms with Crippen molar-refractivity contribution in [1.82, 2.24) is 5.32 Å². The summed E-state index contributed by atoms with van der Waals surface area (Å²) in [6, 6.07) is 9.09. The van der Waals surface area contributed by atoms with Crippen LogP contribution in [0.4, 0.5) is 0 Å². The summed E-state index contributed by atoms with van der Waals surface area (Å²) in [5.74, 6) is 1.98. The lowest BCUT2D eigenvalue weighted by Crippen LogP contribution is -2.29. The van der Waals surface area contributed by atoms with Gasteiger partial charge in [0, 0.05) is 18.4 Å². The second-order valence-electron chi connectivity index (χ2n) is 6.52. The Hall–Kier alpha value is -1.31. The van der Waals surface area contributed by atoms with E-state index in [2.05, 4.69) is 43.4 Å². The van der Waals surface area contributed by atoms with Crippen LogP contribution in [0.2, 0.25) is 0 Å². The summed E-state index contributed by atoms with van der Waals surface area (Å²) in [5, 5.41) is 3.18. The Morgan fingerprint density at radius 1 is 1.21 bits per heavy atom. The zero-order valence-corrected chi connectivity index (χ0v) is 11.9. The third-order valence-corrected chi connectivity index (χ3v) is 4.38. The van der Waals surface area contributed by atoms with Gasteiger partial charge in [-0.05, 0) is 42.2 Å². The third kappa shape index (κ3) is 2.68. The van der Waals surface area contributed by atoms with Gasteiger partial charge in [0.2, 0.25) is 5.91 Å². The van der Waals surface area contributed by atoms with Crippen molar-refractivity contribution in [3.8, 4) is 0 Å². The van der Waals surface area contributed by atoms with E-state index in [0.717, 1.165) is 12.3 Å². The highest BCUT2D eigenvalue weighted by Crippen LogP contribution is 2.45. The van der Waals surface area contributed by atoms with Crippen LogP contribution in [0.25, 0.3) is 0 Å². The van der Waals surface area contributed by atoms with Crippen molar-refractivity contribution in [2.45, 2.75) is 57.4 Å². The first-order chi connectivity index (χ1) is 9.15. The predicted molar refractivity (Wildman–Crippen MR) is 77.2 cm³/mol. The highest BCUT2D eigenvalue weighted by molar-refractivity contribution is 5.80. The van der Waals surface area contributed by atoms with E-state index in [4.69, 9.17) is 0 Å². The largest absolute Gasteiger partial charge is 0.353 e. The number of carbonyl (C=O) groups excluding carboxylic acids is 1. The molecule has 3 rings (SSSR count). The van der Waals surface area contributed by atoms with Crippen molar-refractivity contribution in [3.05, 3.63) is 35.4 Å². The van der Waals surface area contributed by atoms with E-state index in [0.29, 0.717) is 24.3 Å². The predicted octanol–water partition coefficient (Wildman–Crippen LogP) is 3.58. The lowest BCUT2D eigenvalue weighted by atomic mass is 9.84. The molecule has 0 spiro atoms. The summed E-state index contributed by atoms with van der Waals surface area (Å²) >= 11 is 0. The Balaban J connectivity index is 1.89. The maximum absolute atomic E-state index is 11.8. The minimum atomic E-state index is 0.223. The zero-order chi connectivity index (χ0) is 13.4. The number of amides is 1. The average molecular weight is 257 g/mol. The fourth-order valence-corrected chi connectivity index (χ4v) is 3.38. The van der Waals surface area contributed by atoms with Crippen LogP contribution in [-0.4, -0.2) is 11.9 Å². The first-order valence-electron chi connectivity index (χ1n) is 7.53. The lowest BCUT2D eigenvalue weighted by molar-refractivity contribution is -0.119. The van der Waals surface area contributed by atoms with Gasteiger partial charge in [-0.3, -0.25) is 4.79 Å². The van der Waals surface area contributed by atoms with Crippen LogP contribution in [0.1, 0.15) is 62.5 Å². The van der Waals surface area contributed by atoms with E-state index in [1.54, 1.807) is 0 Å². The van der Waals surface area contributed by atoms with Gasteiger partial charge in [-0.25, -0.2) is 0 Å². The van der Waals surface area contributed by atoms with Crippen LogP contribution < -0.4 is 5.32 Å². The van der Waals surface area contributed by atoms with Gasteiger partial charge < -0.3 is 5.32 Å². The van der Waals surface area contributed by atoms with Gasteiger partial charge in [-0.2, -0.15) is 0 Å². The van der Waals surface area contributed by atoms with Gasteiger partial charge in [0.15, 0.2) is 0 Å². The summed E-state index contributed by atoms with van der Waals surface area (Å²) in [7, 11) is 0. The topological polar surface area (TPSA) is 29.1 Å². The van der Waals surface area contributed by atoms with Gasteiger partial charge in [0.05, 0.1) is 0 Å². The van der Waals surface area contributed by atoms with Crippen molar-refractivity contribution in [2.75, 3.05) is 0 Å². The molecule has 1 aliphatic heterocycles. The van der Waals surface area contributed by atoms with Gasteiger partial charge >= 0.3 is 0 Å².